The maximum atomic E-state index is 14.7. The van der Waals surface area contributed by atoms with Crippen molar-refractivity contribution in [3.8, 4) is 0 Å². The molecule has 172 valence electrons. The van der Waals surface area contributed by atoms with Crippen LogP contribution in [-0.4, -0.2) is 44.1 Å². The molecule has 0 aliphatic carbocycles. The summed E-state index contributed by atoms with van der Waals surface area (Å²) < 4.78 is 39.3. The fourth-order valence-electron chi connectivity index (χ4n) is 3.33. The molecule has 1 saturated heterocycles. The van der Waals surface area contributed by atoms with Crippen molar-refractivity contribution in [2.75, 3.05) is 18.8 Å². The lowest BCUT2D eigenvalue weighted by Gasteiger charge is -2.28. The number of nitrogens with zero attached hydrogens (tertiary/aromatic N) is 1. The third-order valence-corrected chi connectivity index (χ3v) is 7.50. The highest BCUT2D eigenvalue weighted by atomic mass is 35.5. The number of sulfone groups is 1. The van der Waals surface area contributed by atoms with Crippen LogP contribution < -0.4 is 10.6 Å². The maximum Gasteiger partial charge on any atom is 0.317 e. The average Bonchev–Trinajstić information content (AvgIpc) is 2.75. The number of amides is 3. The third-order valence-electron chi connectivity index (χ3n) is 5.10. The molecule has 0 aromatic heterocycles. The quantitative estimate of drug-likeness (QED) is 0.603. The van der Waals surface area contributed by atoms with E-state index in [1.54, 1.807) is 0 Å². The topological polar surface area (TPSA) is 95.6 Å². The molecule has 11 heteroatoms. The summed E-state index contributed by atoms with van der Waals surface area (Å²) in [7, 11) is -3.52. The first-order chi connectivity index (χ1) is 15.1. The largest absolute Gasteiger partial charge is 0.348 e. The molecular weight excluding hydrogens is 480 g/mol. The van der Waals surface area contributed by atoms with Crippen LogP contribution in [0.5, 0.6) is 0 Å². The first kappa shape index (κ1) is 24.3. The lowest BCUT2D eigenvalue weighted by molar-refractivity contribution is 0.0950. The van der Waals surface area contributed by atoms with Gasteiger partial charge in [-0.15, -0.1) is 0 Å². The summed E-state index contributed by atoms with van der Waals surface area (Å²) in [6.07, 6.45) is 0.741. The summed E-state index contributed by atoms with van der Waals surface area (Å²) in [4.78, 5) is 26.0. The number of hydrogen-bond acceptors (Lipinski definition) is 4. The SMILES string of the molecule is CCS(=O)(=O)c1ccc(Cl)cc1CNC(=O)c1cc(F)c(CN2CCCNC2=O)c(Cl)c1. The zero-order valence-corrected chi connectivity index (χ0v) is 19.6. The molecule has 1 aliphatic rings. The Morgan fingerprint density at radius 2 is 2.00 bits per heavy atom. The molecular formula is C21H22Cl2FN3O4S. The summed E-state index contributed by atoms with van der Waals surface area (Å²) in [6.45, 7) is 2.43. The fourth-order valence-corrected chi connectivity index (χ4v) is 4.91. The van der Waals surface area contributed by atoms with Gasteiger partial charge in [-0.25, -0.2) is 17.6 Å². The van der Waals surface area contributed by atoms with Crippen LogP contribution in [0.15, 0.2) is 35.2 Å². The van der Waals surface area contributed by atoms with Gasteiger partial charge >= 0.3 is 6.03 Å². The zero-order chi connectivity index (χ0) is 23.5. The number of nitrogens with one attached hydrogen (secondary N) is 2. The smallest absolute Gasteiger partial charge is 0.317 e. The van der Waals surface area contributed by atoms with Crippen LogP contribution in [0.1, 0.15) is 34.8 Å². The van der Waals surface area contributed by atoms with Crippen molar-refractivity contribution in [3.63, 3.8) is 0 Å². The molecule has 0 unspecified atom stereocenters. The van der Waals surface area contributed by atoms with Crippen LogP contribution in [0.2, 0.25) is 10.0 Å². The minimum absolute atomic E-state index is 0.0147. The van der Waals surface area contributed by atoms with Crippen molar-refractivity contribution in [2.24, 2.45) is 0 Å². The molecule has 1 aliphatic heterocycles. The van der Waals surface area contributed by atoms with Gasteiger partial charge in [-0.05, 0) is 42.3 Å². The van der Waals surface area contributed by atoms with E-state index in [4.69, 9.17) is 23.2 Å². The van der Waals surface area contributed by atoms with Gasteiger partial charge in [-0.2, -0.15) is 0 Å². The van der Waals surface area contributed by atoms with E-state index in [9.17, 15) is 22.4 Å². The van der Waals surface area contributed by atoms with Crippen molar-refractivity contribution < 1.29 is 22.4 Å². The first-order valence-electron chi connectivity index (χ1n) is 9.92. The van der Waals surface area contributed by atoms with Gasteiger partial charge in [0.1, 0.15) is 5.82 Å². The minimum Gasteiger partial charge on any atom is -0.348 e. The Kier molecular flexibility index (Phi) is 7.63. The Bertz CT molecular complexity index is 1130. The predicted octanol–water partition coefficient (Wildman–Crippen LogP) is 3.77. The molecule has 0 radical (unpaired) electrons. The number of benzene rings is 2. The molecule has 0 spiro atoms. The van der Waals surface area contributed by atoms with E-state index in [1.165, 1.54) is 36.1 Å². The Hall–Kier alpha value is -2.36. The molecule has 0 saturated carbocycles. The van der Waals surface area contributed by atoms with Crippen molar-refractivity contribution in [3.05, 3.63) is 62.9 Å². The van der Waals surface area contributed by atoms with Gasteiger partial charge in [-0.1, -0.05) is 30.1 Å². The second kappa shape index (κ2) is 10.1. The van der Waals surface area contributed by atoms with Crippen molar-refractivity contribution in [1.29, 1.82) is 0 Å². The highest BCUT2D eigenvalue weighted by Crippen LogP contribution is 2.25. The van der Waals surface area contributed by atoms with Gasteiger partial charge in [0.25, 0.3) is 5.91 Å². The Morgan fingerprint density at radius 1 is 1.25 bits per heavy atom. The average molecular weight is 502 g/mol. The van der Waals surface area contributed by atoms with Crippen LogP contribution in [-0.2, 0) is 22.9 Å². The van der Waals surface area contributed by atoms with E-state index >= 15 is 0 Å². The van der Waals surface area contributed by atoms with Crippen LogP contribution in [0.3, 0.4) is 0 Å². The van der Waals surface area contributed by atoms with Crippen molar-refractivity contribution >= 4 is 45.0 Å². The second-order valence-electron chi connectivity index (χ2n) is 7.26. The van der Waals surface area contributed by atoms with E-state index in [2.05, 4.69) is 10.6 Å². The molecule has 1 fully saturated rings. The van der Waals surface area contributed by atoms with Gasteiger partial charge < -0.3 is 15.5 Å². The lowest BCUT2D eigenvalue weighted by atomic mass is 10.1. The molecule has 0 bridgehead atoms. The number of carbonyl (C=O) groups excluding carboxylic acids is 2. The highest BCUT2D eigenvalue weighted by Gasteiger charge is 2.22. The number of halogens is 3. The molecule has 3 amide bonds. The van der Waals surface area contributed by atoms with E-state index in [0.717, 1.165) is 12.5 Å². The molecule has 3 rings (SSSR count). The maximum absolute atomic E-state index is 14.7. The van der Waals surface area contributed by atoms with Crippen LogP contribution in [0, 0.1) is 5.82 Å². The molecule has 0 atom stereocenters. The minimum atomic E-state index is -3.52. The molecule has 2 aromatic rings. The molecule has 2 N–H and O–H groups in total. The van der Waals surface area contributed by atoms with Gasteiger partial charge in [0.2, 0.25) is 0 Å². The summed E-state index contributed by atoms with van der Waals surface area (Å²) in [6, 6.07) is 6.38. The van der Waals surface area contributed by atoms with Crippen LogP contribution >= 0.6 is 23.2 Å². The van der Waals surface area contributed by atoms with Crippen molar-refractivity contribution in [1.82, 2.24) is 15.5 Å². The monoisotopic (exact) mass is 501 g/mol. The van der Waals surface area contributed by atoms with Gasteiger partial charge in [0.15, 0.2) is 9.84 Å². The van der Waals surface area contributed by atoms with E-state index in [-0.39, 0.29) is 45.9 Å². The predicted molar refractivity (Wildman–Crippen MR) is 120 cm³/mol. The van der Waals surface area contributed by atoms with Gasteiger partial charge in [-0.3, -0.25) is 4.79 Å². The van der Waals surface area contributed by atoms with Gasteiger partial charge in [0, 0.05) is 40.8 Å². The van der Waals surface area contributed by atoms with Crippen molar-refractivity contribution in [2.45, 2.75) is 31.3 Å². The van der Waals surface area contributed by atoms with Crippen LogP contribution in [0.25, 0.3) is 0 Å². The van der Waals surface area contributed by atoms with Crippen LogP contribution in [0.4, 0.5) is 9.18 Å². The van der Waals surface area contributed by atoms with E-state index in [1.807, 2.05) is 0 Å². The van der Waals surface area contributed by atoms with E-state index < -0.39 is 21.6 Å². The molecule has 2 aromatic carbocycles. The Balaban J connectivity index is 1.77. The van der Waals surface area contributed by atoms with Gasteiger partial charge in [0.05, 0.1) is 17.2 Å². The number of carbonyl (C=O) groups is 2. The number of rotatable bonds is 7. The zero-order valence-electron chi connectivity index (χ0n) is 17.3. The fraction of sp³-hybridized carbons (Fsp3) is 0.333. The Labute approximate surface area is 195 Å². The third kappa shape index (κ3) is 5.51. The number of hydrogen-bond donors (Lipinski definition) is 2. The van der Waals surface area contributed by atoms with E-state index in [0.29, 0.717) is 23.7 Å². The molecule has 1 heterocycles. The lowest BCUT2D eigenvalue weighted by Crippen LogP contribution is -2.45. The highest BCUT2D eigenvalue weighted by molar-refractivity contribution is 7.91. The standard InChI is InChI=1S/C21H22Cl2FN3O4S/c1-2-32(30,31)19-5-4-15(22)8-14(19)11-26-20(28)13-9-17(23)16(18(24)10-13)12-27-7-3-6-25-21(27)29/h4-5,8-10H,2-3,6-7,11-12H2,1H3,(H,25,29)(H,26,28). The second-order valence-corrected chi connectivity index (χ2v) is 10.4. The summed E-state index contributed by atoms with van der Waals surface area (Å²) in [5, 5.41) is 5.60. The summed E-state index contributed by atoms with van der Waals surface area (Å²) >= 11 is 12.2. The first-order valence-corrected chi connectivity index (χ1v) is 12.3. The number of urea groups is 1. The normalized spacial score (nSPS) is 14.2. The molecule has 7 nitrogen and oxygen atoms in total. The summed E-state index contributed by atoms with van der Waals surface area (Å²) in [5.41, 5.74) is 0.416. The Morgan fingerprint density at radius 3 is 2.66 bits per heavy atom. The summed E-state index contributed by atoms with van der Waals surface area (Å²) in [5.74, 6) is -1.45. The molecule has 32 heavy (non-hydrogen) atoms.